The molecule has 0 aliphatic heterocycles. The molecule has 0 atom stereocenters. The number of nitrogens with one attached hydrogen (secondary N) is 1. The lowest BCUT2D eigenvalue weighted by atomic mass is 10.2. The molecule has 0 aromatic heterocycles. The Morgan fingerprint density at radius 2 is 1.79 bits per heavy atom. The molecule has 6 heteroatoms. The molecule has 3 nitrogen and oxygen atoms in total. The molecular formula is C13H9BrCl2N2O. The van der Waals surface area contributed by atoms with Crippen LogP contribution in [-0.4, -0.2) is 5.91 Å². The SMILES string of the molecule is Nc1ccc(Cl)c(C(=O)Nc2ccc(Cl)c(Br)c2)c1. The van der Waals surface area contributed by atoms with E-state index in [0.29, 0.717) is 31.5 Å². The summed E-state index contributed by atoms with van der Waals surface area (Å²) < 4.78 is 0.700. The molecule has 1 amide bonds. The molecule has 0 radical (unpaired) electrons. The van der Waals surface area contributed by atoms with E-state index in [9.17, 15) is 4.79 Å². The number of amides is 1. The van der Waals surface area contributed by atoms with Gasteiger partial charge in [-0.15, -0.1) is 0 Å². The van der Waals surface area contributed by atoms with Crippen molar-refractivity contribution in [3.8, 4) is 0 Å². The number of carbonyl (C=O) groups excluding carboxylic acids is 1. The second-order valence-corrected chi connectivity index (χ2v) is 5.49. The Morgan fingerprint density at radius 3 is 2.47 bits per heavy atom. The van der Waals surface area contributed by atoms with Crippen LogP contribution in [0, 0.1) is 0 Å². The third-order valence-corrected chi connectivity index (χ3v) is 3.96. The Balaban J connectivity index is 2.25. The second-order valence-electron chi connectivity index (χ2n) is 3.82. The lowest BCUT2D eigenvalue weighted by Gasteiger charge is -2.08. The van der Waals surface area contributed by atoms with Gasteiger partial charge in [0.25, 0.3) is 5.91 Å². The van der Waals surface area contributed by atoms with Crippen molar-refractivity contribution in [3.05, 3.63) is 56.5 Å². The predicted octanol–water partition coefficient (Wildman–Crippen LogP) is 4.59. The standard InChI is InChI=1S/C13H9BrCl2N2O/c14-10-6-8(2-4-12(10)16)18-13(19)9-5-7(17)1-3-11(9)15/h1-6H,17H2,(H,18,19). The molecule has 0 heterocycles. The van der Waals surface area contributed by atoms with Gasteiger partial charge in [0.1, 0.15) is 0 Å². The molecule has 2 aromatic rings. The van der Waals surface area contributed by atoms with Gasteiger partial charge < -0.3 is 11.1 Å². The van der Waals surface area contributed by atoms with Gasteiger partial charge in [0.2, 0.25) is 0 Å². The highest BCUT2D eigenvalue weighted by Crippen LogP contribution is 2.26. The topological polar surface area (TPSA) is 55.1 Å². The van der Waals surface area contributed by atoms with Gasteiger partial charge >= 0.3 is 0 Å². The van der Waals surface area contributed by atoms with E-state index in [0.717, 1.165) is 0 Å². The Hall–Kier alpha value is -1.23. The summed E-state index contributed by atoms with van der Waals surface area (Å²) in [6.07, 6.45) is 0. The Labute approximate surface area is 128 Å². The molecule has 0 saturated heterocycles. The molecule has 2 aromatic carbocycles. The van der Waals surface area contributed by atoms with Crippen LogP contribution in [0.5, 0.6) is 0 Å². The maximum absolute atomic E-state index is 12.1. The van der Waals surface area contributed by atoms with E-state index >= 15 is 0 Å². The first-order valence-corrected chi connectivity index (χ1v) is 6.83. The van der Waals surface area contributed by atoms with Crippen LogP contribution in [0.25, 0.3) is 0 Å². The zero-order valence-corrected chi connectivity index (χ0v) is 12.7. The summed E-state index contributed by atoms with van der Waals surface area (Å²) in [7, 11) is 0. The van der Waals surface area contributed by atoms with Crippen molar-refractivity contribution in [2.75, 3.05) is 11.1 Å². The molecule has 0 bridgehead atoms. The molecule has 0 unspecified atom stereocenters. The lowest BCUT2D eigenvalue weighted by molar-refractivity contribution is 0.102. The van der Waals surface area contributed by atoms with Crippen LogP contribution in [0.2, 0.25) is 10.0 Å². The second kappa shape index (κ2) is 5.82. The minimum atomic E-state index is -0.327. The van der Waals surface area contributed by atoms with Crippen molar-refractivity contribution < 1.29 is 4.79 Å². The first kappa shape index (κ1) is 14.2. The molecule has 0 saturated carbocycles. The van der Waals surface area contributed by atoms with E-state index in [1.54, 1.807) is 30.3 Å². The summed E-state index contributed by atoms with van der Waals surface area (Å²) in [6, 6.07) is 9.85. The minimum Gasteiger partial charge on any atom is -0.399 e. The highest BCUT2D eigenvalue weighted by molar-refractivity contribution is 9.10. The summed E-state index contributed by atoms with van der Waals surface area (Å²) in [4.78, 5) is 12.1. The van der Waals surface area contributed by atoms with Gasteiger partial charge in [-0.3, -0.25) is 4.79 Å². The quantitative estimate of drug-likeness (QED) is 0.770. The van der Waals surface area contributed by atoms with E-state index in [1.165, 1.54) is 6.07 Å². The van der Waals surface area contributed by atoms with Gasteiger partial charge in [0.05, 0.1) is 15.6 Å². The van der Waals surface area contributed by atoms with Crippen LogP contribution < -0.4 is 11.1 Å². The molecule has 0 spiro atoms. The first-order chi connectivity index (χ1) is 8.97. The van der Waals surface area contributed by atoms with Crippen LogP contribution in [0.15, 0.2) is 40.9 Å². The number of anilines is 2. The fourth-order valence-corrected chi connectivity index (χ4v) is 2.19. The van der Waals surface area contributed by atoms with Gasteiger partial charge in [-0.05, 0) is 52.3 Å². The Morgan fingerprint density at radius 1 is 1.11 bits per heavy atom. The average Bonchev–Trinajstić information content (AvgIpc) is 2.36. The predicted molar refractivity (Wildman–Crippen MR) is 83.0 cm³/mol. The van der Waals surface area contributed by atoms with Crippen molar-refractivity contribution in [1.82, 2.24) is 0 Å². The van der Waals surface area contributed by atoms with Crippen LogP contribution >= 0.6 is 39.1 Å². The number of halogens is 3. The number of rotatable bonds is 2. The van der Waals surface area contributed by atoms with Crippen LogP contribution in [-0.2, 0) is 0 Å². The molecule has 98 valence electrons. The maximum Gasteiger partial charge on any atom is 0.257 e. The average molecular weight is 360 g/mol. The van der Waals surface area contributed by atoms with Gasteiger partial charge in [-0.1, -0.05) is 23.2 Å². The largest absolute Gasteiger partial charge is 0.399 e. The Bertz CT molecular complexity index is 647. The highest BCUT2D eigenvalue weighted by Gasteiger charge is 2.11. The van der Waals surface area contributed by atoms with Crippen LogP contribution in [0.4, 0.5) is 11.4 Å². The van der Waals surface area contributed by atoms with Crippen LogP contribution in [0.1, 0.15) is 10.4 Å². The lowest BCUT2D eigenvalue weighted by Crippen LogP contribution is -2.12. The van der Waals surface area contributed by atoms with Gasteiger partial charge in [0, 0.05) is 15.8 Å². The van der Waals surface area contributed by atoms with Crippen molar-refractivity contribution in [1.29, 1.82) is 0 Å². The summed E-state index contributed by atoms with van der Waals surface area (Å²) >= 11 is 15.1. The monoisotopic (exact) mass is 358 g/mol. The minimum absolute atomic E-state index is 0.327. The first-order valence-electron chi connectivity index (χ1n) is 5.29. The molecule has 3 N–H and O–H groups in total. The van der Waals surface area contributed by atoms with Gasteiger partial charge in [-0.2, -0.15) is 0 Å². The van der Waals surface area contributed by atoms with Gasteiger partial charge in [0.15, 0.2) is 0 Å². The molecule has 0 fully saturated rings. The van der Waals surface area contributed by atoms with Crippen molar-refractivity contribution >= 4 is 56.4 Å². The summed E-state index contributed by atoms with van der Waals surface area (Å²) in [6.45, 7) is 0. The smallest absolute Gasteiger partial charge is 0.257 e. The zero-order chi connectivity index (χ0) is 14.0. The fraction of sp³-hybridized carbons (Fsp3) is 0. The van der Waals surface area contributed by atoms with E-state index in [2.05, 4.69) is 21.2 Å². The highest BCUT2D eigenvalue weighted by atomic mass is 79.9. The van der Waals surface area contributed by atoms with Crippen molar-refractivity contribution in [2.24, 2.45) is 0 Å². The molecule has 19 heavy (non-hydrogen) atoms. The zero-order valence-electron chi connectivity index (χ0n) is 9.58. The fourth-order valence-electron chi connectivity index (χ4n) is 1.49. The van der Waals surface area contributed by atoms with E-state index in [4.69, 9.17) is 28.9 Å². The third-order valence-electron chi connectivity index (χ3n) is 2.41. The van der Waals surface area contributed by atoms with Gasteiger partial charge in [-0.25, -0.2) is 0 Å². The van der Waals surface area contributed by atoms with E-state index in [-0.39, 0.29) is 5.91 Å². The molecule has 0 aliphatic carbocycles. The van der Waals surface area contributed by atoms with E-state index in [1.807, 2.05) is 0 Å². The normalized spacial score (nSPS) is 10.3. The van der Waals surface area contributed by atoms with Crippen LogP contribution in [0.3, 0.4) is 0 Å². The number of carbonyl (C=O) groups is 1. The number of nitrogen functional groups attached to an aromatic ring is 1. The Kier molecular flexibility index (Phi) is 4.34. The summed E-state index contributed by atoms with van der Waals surface area (Å²) in [5.74, 6) is -0.327. The number of hydrogen-bond donors (Lipinski definition) is 2. The van der Waals surface area contributed by atoms with Crippen molar-refractivity contribution in [2.45, 2.75) is 0 Å². The molecule has 0 aliphatic rings. The summed E-state index contributed by atoms with van der Waals surface area (Å²) in [5, 5.41) is 3.64. The third kappa shape index (κ3) is 3.41. The molecule has 2 rings (SSSR count). The number of benzene rings is 2. The van der Waals surface area contributed by atoms with E-state index < -0.39 is 0 Å². The summed E-state index contributed by atoms with van der Waals surface area (Å²) in [5.41, 5.74) is 7.06. The van der Waals surface area contributed by atoms with Crippen molar-refractivity contribution in [3.63, 3.8) is 0 Å². The molecular weight excluding hydrogens is 351 g/mol. The number of nitrogens with two attached hydrogens (primary N) is 1. The number of hydrogen-bond acceptors (Lipinski definition) is 2. The maximum atomic E-state index is 12.1.